The van der Waals surface area contributed by atoms with E-state index in [1.54, 1.807) is 18.2 Å². The number of nitro benzene ring substituents is 1. The van der Waals surface area contributed by atoms with E-state index in [4.69, 9.17) is 9.84 Å². The molecular weight excluding hydrogens is 276 g/mol. The van der Waals surface area contributed by atoms with Crippen molar-refractivity contribution in [2.24, 2.45) is 5.92 Å². The highest BCUT2D eigenvalue weighted by molar-refractivity contribution is 5.70. The van der Waals surface area contributed by atoms with Gasteiger partial charge in [0.15, 0.2) is 5.75 Å². The third-order valence-corrected chi connectivity index (χ3v) is 3.80. The van der Waals surface area contributed by atoms with Crippen molar-refractivity contribution in [2.75, 3.05) is 25.1 Å². The molecule has 1 aromatic carbocycles. The van der Waals surface area contributed by atoms with Crippen LogP contribution in [0, 0.1) is 16.0 Å². The molecule has 0 unspecified atom stereocenters. The van der Waals surface area contributed by atoms with Crippen LogP contribution in [-0.2, 0) is 4.79 Å². The van der Waals surface area contributed by atoms with Crippen LogP contribution in [0.25, 0.3) is 0 Å². The molecule has 0 atom stereocenters. The number of anilines is 1. The highest BCUT2D eigenvalue weighted by Gasteiger charge is 2.28. The van der Waals surface area contributed by atoms with Gasteiger partial charge in [0.05, 0.1) is 12.0 Å². The molecular formula is C14H18N2O5. The Hall–Kier alpha value is -2.31. The number of hydrogen-bond donors (Lipinski definition) is 1. The molecule has 1 saturated heterocycles. The van der Waals surface area contributed by atoms with E-state index < -0.39 is 10.9 Å². The number of para-hydroxylation sites is 1. The van der Waals surface area contributed by atoms with E-state index in [-0.39, 0.29) is 23.8 Å². The minimum atomic E-state index is -0.791. The third-order valence-electron chi connectivity index (χ3n) is 3.80. The van der Waals surface area contributed by atoms with Crippen molar-refractivity contribution >= 4 is 17.3 Å². The van der Waals surface area contributed by atoms with E-state index in [0.717, 1.165) is 12.8 Å². The summed E-state index contributed by atoms with van der Waals surface area (Å²) in [4.78, 5) is 23.5. The van der Waals surface area contributed by atoms with Crippen LogP contribution >= 0.6 is 0 Å². The lowest BCUT2D eigenvalue weighted by Gasteiger charge is -2.32. The fraction of sp³-hybridized carbons (Fsp3) is 0.500. The second-order valence-corrected chi connectivity index (χ2v) is 5.11. The highest BCUT2D eigenvalue weighted by Crippen LogP contribution is 2.38. The van der Waals surface area contributed by atoms with Crippen molar-refractivity contribution in [2.45, 2.75) is 19.3 Å². The summed E-state index contributed by atoms with van der Waals surface area (Å²) in [5.74, 6) is -0.408. The predicted octanol–water partition coefficient (Wildman–Crippen LogP) is 2.29. The van der Waals surface area contributed by atoms with Gasteiger partial charge in [-0.1, -0.05) is 6.07 Å². The lowest BCUT2D eigenvalue weighted by atomic mass is 9.93. The van der Waals surface area contributed by atoms with E-state index >= 15 is 0 Å². The lowest BCUT2D eigenvalue weighted by molar-refractivity contribution is -0.385. The summed E-state index contributed by atoms with van der Waals surface area (Å²) < 4.78 is 5.07. The van der Waals surface area contributed by atoms with Crippen LogP contribution < -0.4 is 9.64 Å². The van der Waals surface area contributed by atoms with Crippen molar-refractivity contribution in [1.29, 1.82) is 0 Å². The summed E-state index contributed by atoms with van der Waals surface area (Å²) in [6, 6.07) is 5.00. The first kappa shape index (κ1) is 15.1. The molecule has 0 aliphatic carbocycles. The quantitative estimate of drug-likeness (QED) is 0.661. The molecule has 0 spiro atoms. The van der Waals surface area contributed by atoms with Gasteiger partial charge in [0.2, 0.25) is 0 Å². The van der Waals surface area contributed by atoms with Crippen LogP contribution in [-0.4, -0.2) is 36.2 Å². The number of nitrogens with zero attached hydrogens (tertiary/aromatic N) is 2. The molecule has 0 bridgehead atoms. The van der Waals surface area contributed by atoms with Gasteiger partial charge in [0.25, 0.3) is 0 Å². The number of nitro groups is 1. The molecule has 7 nitrogen and oxygen atoms in total. The Bertz CT molecular complexity index is 538. The number of hydrogen-bond acceptors (Lipinski definition) is 5. The Morgan fingerprint density at radius 3 is 2.67 bits per heavy atom. The normalized spacial score (nSPS) is 15.8. The molecule has 0 amide bonds. The smallest absolute Gasteiger partial charge is 0.333 e. The Morgan fingerprint density at radius 1 is 1.48 bits per heavy atom. The maximum absolute atomic E-state index is 11.3. The Kier molecular flexibility index (Phi) is 4.62. The first-order valence-electron chi connectivity index (χ1n) is 6.81. The summed E-state index contributed by atoms with van der Waals surface area (Å²) in [7, 11) is 1.41. The van der Waals surface area contributed by atoms with E-state index in [1.807, 2.05) is 4.90 Å². The van der Waals surface area contributed by atoms with Gasteiger partial charge in [-0.25, -0.2) is 0 Å². The number of aliphatic carboxylic acids is 1. The zero-order chi connectivity index (χ0) is 15.4. The molecule has 2 rings (SSSR count). The molecule has 0 radical (unpaired) electrons. The fourth-order valence-corrected chi connectivity index (χ4v) is 2.74. The summed E-state index contributed by atoms with van der Waals surface area (Å²) in [6.45, 7) is 1.23. The van der Waals surface area contributed by atoms with Gasteiger partial charge >= 0.3 is 11.7 Å². The molecule has 1 aliphatic heterocycles. The minimum Gasteiger partial charge on any atom is -0.490 e. The summed E-state index contributed by atoms with van der Waals surface area (Å²) in [6.07, 6.45) is 1.61. The van der Waals surface area contributed by atoms with Crippen LogP contribution in [0.3, 0.4) is 0 Å². The van der Waals surface area contributed by atoms with Crippen LogP contribution in [0.2, 0.25) is 0 Å². The van der Waals surface area contributed by atoms with E-state index in [9.17, 15) is 14.9 Å². The van der Waals surface area contributed by atoms with Crippen molar-refractivity contribution in [1.82, 2.24) is 0 Å². The van der Waals surface area contributed by atoms with Crippen LogP contribution in [0.4, 0.5) is 11.4 Å². The first-order valence-corrected chi connectivity index (χ1v) is 6.81. The SMILES string of the molecule is COc1cccc(N2CCC(CC(=O)O)CC2)c1[N+](=O)[O-]. The van der Waals surface area contributed by atoms with Gasteiger partial charge in [0, 0.05) is 19.5 Å². The number of benzene rings is 1. The number of rotatable bonds is 5. The van der Waals surface area contributed by atoms with Gasteiger partial charge in [-0.2, -0.15) is 0 Å². The number of methoxy groups -OCH3 is 1. The number of carbonyl (C=O) groups is 1. The van der Waals surface area contributed by atoms with E-state index in [2.05, 4.69) is 0 Å². The number of piperidine rings is 1. The Morgan fingerprint density at radius 2 is 2.14 bits per heavy atom. The number of carboxylic acid groups (broad SMARTS) is 1. The molecule has 114 valence electrons. The lowest BCUT2D eigenvalue weighted by Crippen LogP contribution is -2.34. The molecule has 0 saturated carbocycles. The molecule has 0 aromatic heterocycles. The maximum atomic E-state index is 11.3. The average molecular weight is 294 g/mol. The number of ether oxygens (including phenoxy) is 1. The standard InChI is InChI=1S/C14H18N2O5/c1-21-12-4-2-3-11(14(12)16(19)20)15-7-5-10(6-8-15)9-13(17)18/h2-4,10H,5-9H2,1H3,(H,17,18). The predicted molar refractivity (Wildman–Crippen MR) is 76.8 cm³/mol. The molecule has 1 N–H and O–H groups in total. The van der Waals surface area contributed by atoms with Crippen molar-refractivity contribution in [3.63, 3.8) is 0 Å². The van der Waals surface area contributed by atoms with Crippen molar-refractivity contribution < 1.29 is 19.6 Å². The van der Waals surface area contributed by atoms with Gasteiger partial charge in [-0.3, -0.25) is 14.9 Å². The van der Waals surface area contributed by atoms with Gasteiger partial charge in [-0.15, -0.1) is 0 Å². The minimum absolute atomic E-state index is 0.0308. The maximum Gasteiger partial charge on any atom is 0.333 e. The molecule has 1 heterocycles. The van der Waals surface area contributed by atoms with Gasteiger partial charge in [-0.05, 0) is 30.9 Å². The largest absolute Gasteiger partial charge is 0.490 e. The topological polar surface area (TPSA) is 92.9 Å². The summed E-state index contributed by atoms with van der Waals surface area (Å²) >= 11 is 0. The van der Waals surface area contributed by atoms with Gasteiger partial charge < -0.3 is 14.7 Å². The van der Waals surface area contributed by atoms with Crippen LogP contribution in [0.1, 0.15) is 19.3 Å². The van der Waals surface area contributed by atoms with Crippen LogP contribution in [0.15, 0.2) is 18.2 Å². The zero-order valence-corrected chi connectivity index (χ0v) is 11.8. The average Bonchev–Trinajstić information content (AvgIpc) is 2.46. The molecule has 1 aliphatic rings. The van der Waals surface area contributed by atoms with Gasteiger partial charge in [0.1, 0.15) is 5.69 Å². The second kappa shape index (κ2) is 6.43. The molecule has 1 aromatic rings. The summed E-state index contributed by atoms with van der Waals surface area (Å²) in [5.41, 5.74) is 0.504. The highest BCUT2D eigenvalue weighted by atomic mass is 16.6. The molecule has 21 heavy (non-hydrogen) atoms. The Labute approximate surface area is 122 Å². The summed E-state index contributed by atoms with van der Waals surface area (Å²) in [5, 5.41) is 20.1. The molecule has 1 fully saturated rings. The second-order valence-electron chi connectivity index (χ2n) is 5.11. The van der Waals surface area contributed by atoms with E-state index in [1.165, 1.54) is 7.11 Å². The monoisotopic (exact) mass is 294 g/mol. The molecule has 7 heteroatoms. The van der Waals surface area contributed by atoms with E-state index in [0.29, 0.717) is 18.8 Å². The first-order chi connectivity index (χ1) is 10.0. The van der Waals surface area contributed by atoms with Crippen LogP contribution in [0.5, 0.6) is 5.75 Å². The number of carboxylic acids is 1. The third kappa shape index (κ3) is 3.42. The van der Waals surface area contributed by atoms with Crippen molar-refractivity contribution in [3.05, 3.63) is 28.3 Å². The Balaban J connectivity index is 2.17. The van der Waals surface area contributed by atoms with Crippen molar-refractivity contribution in [3.8, 4) is 5.75 Å². The zero-order valence-electron chi connectivity index (χ0n) is 11.8. The fourth-order valence-electron chi connectivity index (χ4n) is 2.74.